The van der Waals surface area contributed by atoms with Gasteiger partial charge in [-0.1, -0.05) is 17.7 Å². The third-order valence-electron chi connectivity index (χ3n) is 3.61. The molecule has 2 aromatic rings. The summed E-state index contributed by atoms with van der Waals surface area (Å²) in [7, 11) is 0. The Morgan fingerprint density at radius 2 is 1.77 bits per heavy atom. The van der Waals surface area contributed by atoms with Gasteiger partial charge in [-0.2, -0.15) is 0 Å². The van der Waals surface area contributed by atoms with E-state index in [1.54, 1.807) is 26.0 Å². The third-order valence-corrected chi connectivity index (χ3v) is 3.94. The molecule has 0 spiro atoms. The van der Waals surface area contributed by atoms with E-state index in [1.807, 2.05) is 32.0 Å². The molecule has 0 fully saturated rings. The van der Waals surface area contributed by atoms with Crippen molar-refractivity contribution >= 4 is 29.2 Å². The van der Waals surface area contributed by atoms with Crippen LogP contribution in [0.3, 0.4) is 0 Å². The van der Waals surface area contributed by atoms with Crippen molar-refractivity contribution in [1.82, 2.24) is 0 Å². The fourth-order valence-corrected chi connectivity index (χ4v) is 2.67. The molecule has 0 heterocycles. The highest BCUT2D eigenvalue weighted by molar-refractivity contribution is 6.33. The average molecular weight is 376 g/mol. The van der Waals surface area contributed by atoms with Crippen molar-refractivity contribution in [3.8, 4) is 5.75 Å². The first-order chi connectivity index (χ1) is 12.3. The number of nitrogens with one attached hydrogen (secondary N) is 1. The van der Waals surface area contributed by atoms with Crippen LogP contribution >= 0.6 is 11.6 Å². The minimum Gasteiger partial charge on any atom is -0.481 e. The van der Waals surface area contributed by atoms with Gasteiger partial charge < -0.3 is 14.8 Å². The van der Waals surface area contributed by atoms with Gasteiger partial charge in [0.25, 0.3) is 5.91 Å². The number of anilines is 1. The number of benzene rings is 2. The van der Waals surface area contributed by atoms with Crippen LogP contribution in [-0.2, 0) is 9.53 Å². The minimum absolute atomic E-state index is 0.203. The molecule has 2 aromatic carbocycles. The van der Waals surface area contributed by atoms with Crippen molar-refractivity contribution in [3.05, 3.63) is 58.1 Å². The molecular formula is C20H22ClNO4. The van der Waals surface area contributed by atoms with E-state index in [9.17, 15) is 9.59 Å². The summed E-state index contributed by atoms with van der Waals surface area (Å²) in [4.78, 5) is 24.3. The molecule has 26 heavy (non-hydrogen) atoms. The van der Waals surface area contributed by atoms with E-state index in [1.165, 1.54) is 6.07 Å². The van der Waals surface area contributed by atoms with Crippen LogP contribution < -0.4 is 10.1 Å². The number of esters is 1. The van der Waals surface area contributed by atoms with Crippen molar-refractivity contribution in [2.75, 3.05) is 11.9 Å². The van der Waals surface area contributed by atoms with Crippen LogP contribution in [0.15, 0.2) is 36.4 Å². The normalized spacial score (nSPS) is 11.6. The Labute approximate surface area is 158 Å². The van der Waals surface area contributed by atoms with Gasteiger partial charge in [0, 0.05) is 5.69 Å². The highest BCUT2D eigenvalue weighted by Crippen LogP contribution is 2.22. The zero-order valence-corrected chi connectivity index (χ0v) is 16.0. The number of ether oxygens (including phenoxy) is 2. The molecule has 1 N–H and O–H groups in total. The van der Waals surface area contributed by atoms with Crippen LogP contribution in [0.2, 0.25) is 5.02 Å². The predicted molar refractivity (Wildman–Crippen MR) is 102 cm³/mol. The van der Waals surface area contributed by atoms with E-state index >= 15 is 0 Å². The molecule has 6 heteroatoms. The summed E-state index contributed by atoms with van der Waals surface area (Å²) < 4.78 is 10.7. The number of amides is 1. The van der Waals surface area contributed by atoms with Crippen LogP contribution in [0, 0.1) is 13.8 Å². The summed E-state index contributed by atoms with van der Waals surface area (Å²) in [6, 6.07) is 10.4. The van der Waals surface area contributed by atoms with E-state index in [0.29, 0.717) is 11.4 Å². The maximum Gasteiger partial charge on any atom is 0.339 e. The molecule has 1 amide bonds. The lowest BCUT2D eigenvalue weighted by Gasteiger charge is -2.16. The number of hydrogen-bond donors (Lipinski definition) is 1. The standard InChI is InChI=1S/C20H22ClNO4/c1-5-25-20(24)17-11-15(6-7-18(17)21)22-19(23)14(4)26-16-9-12(2)8-13(3)10-16/h6-11,14H,5H2,1-4H3,(H,22,23). The van der Waals surface area contributed by atoms with Gasteiger partial charge in [-0.05, 0) is 69.2 Å². The highest BCUT2D eigenvalue weighted by atomic mass is 35.5. The fraction of sp³-hybridized carbons (Fsp3) is 0.300. The molecule has 2 rings (SSSR count). The maximum absolute atomic E-state index is 12.4. The van der Waals surface area contributed by atoms with Gasteiger partial charge in [0.1, 0.15) is 5.75 Å². The van der Waals surface area contributed by atoms with E-state index in [0.717, 1.165) is 11.1 Å². The lowest BCUT2D eigenvalue weighted by molar-refractivity contribution is -0.122. The maximum atomic E-state index is 12.4. The topological polar surface area (TPSA) is 64.6 Å². The summed E-state index contributed by atoms with van der Waals surface area (Å²) in [6.45, 7) is 7.55. The van der Waals surface area contributed by atoms with Crippen molar-refractivity contribution in [3.63, 3.8) is 0 Å². The lowest BCUT2D eigenvalue weighted by Crippen LogP contribution is -2.30. The molecule has 5 nitrogen and oxygen atoms in total. The van der Waals surface area contributed by atoms with Crippen molar-refractivity contribution < 1.29 is 19.1 Å². The number of halogens is 1. The third kappa shape index (κ3) is 5.23. The second kappa shape index (κ2) is 8.72. The quantitative estimate of drug-likeness (QED) is 0.753. The Balaban J connectivity index is 2.08. The van der Waals surface area contributed by atoms with E-state index in [2.05, 4.69) is 5.32 Å². The molecule has 0 bridgehead atoms. The van der Waals surface area contributed by atoms with Gasteiger partial charge in [0.2, 0.25) is 0 Å². The Kier molecular flexibility index (Phi) is 6.64. The molecule has 0 aliphatic heterocycles. The molecule has 0 radical (unpaired) electrons. The summed E-state index contributed by atoms with van der Waals surface area (Å²) in [6.07, 6.45) is -0.710. The molecule has 1 unspecified atom stereocenters. The number of carbonyl (C=O) groups is 2. The molecule has 0 aliphatic rings. The number of hydrogen-bond acceptors (Lipinski definition) is 4. The zero-order valence-electron chi connectivity index (χ0n) is 15.3. The largest absolute Gasteiger partial charge is 0.481 e. The molecule has 0 aromatic heterocycles. The summed E-state index contributed by atoms with van der Waals surface area (Å²) >= 11 is 6.02. The number of aryl methyl sites for hydroxylation is 2. The second-order valence-corrected chi connectivity index (χ2v) is 6.40. The lowest BCUT2D eigenvalue weighted by atomic mass is 10.1. The summed E-state index contributed by atoms with van der Waals surface area (Å²) in [5.41, 5.74) is 2.77. The van der Waals surface area contributed by atoms with Crippen LogP contribution in [0.25, 0.3) is 0 Å². The van der Waals surface area contributed by atoms with Gasteiger partial charge >= 0.3 is 5.97 Å². The first-order valence-corrected chi connectivity index (χ1v) is 8.70. The molecular weight excluding hydrogens is 354 g/mol. The average Bonchev–Trinajstić information content (AvgIpc) is 2.55. The summed E-state index contributed by atoms with van der Waals surface area (Å²) in [5.74, 6) is -0.233. The summed E-state index contributed by atoms with van der Waals surface area (Å²) in [5, 5.41) is 2.99. The second-order valence-electron chi connectivity index (χ2n) is 5.99. The van der Waals surface area contributed by atoms with E-state index in [-0.39, 0.29) is 23.1 Å². The Morgan fingerprint density at radius 1 is 1.12 bits per heavy atom. The first kappa shape index (κ1) is 19.8. The van der Waals surface area contributed by atoms with Crippen LogP contribution in [0.1, 0.15) is 35.3 Å². The Morgan fingerprint density at radius 3 is 2.38 bits per heavy atom. The molecule has 0 saturated carbocycles. The van der Waals surface area contributed by atoms with Gasteiger partial charge in [-0.15, -0.1) is 0 Å². The van der Waals surface area contributed by atoms with Gasteiger partial charge in [-0.25, -0.2) is 4.79 Å². The Hall–Kier alpha value is -2.53. The highest BCUT2D eigenvalue weighted by Gasteiger charge is 2.17. The molecule has 0 saturated heterocycles. The zero-order chi connectivity index (χ0) is 19.3. The SMILES string of the molecule is CCOC(=O)c1cc(NC(=O)C(C)Oc2cc(C)cc(C)c2)ccc1Cl. The van der Waals surface area contributed by atoms with Gasteiger partial charge in [-0.3, -0.25) is 4.79 Å². The van der Waals surface area contributed by atoms with Crippen molar-refractivity contribution in [2.45, 2.75) is 33.8 Å². The van der Waals surface area contributed by atoms with Gasteiger partial charge in [0.15, 0.2) is 6.10 Å². The molecule has 138 valence electrons. The predicted octanol–water partition coefficient (Wildman–Crippen LogP) is 4.54. The Bertz CT molecular complexity index is 799. The van der Waals surface area contributed by atoms with Crippen molar-refractivity contribution in [2.24, 2.45) is 0 Å². The first-order valence-electron chi connectivity index (χ1n) is 8.32. The van der Waals surface area contributed by atoms with Crippen LogP contribution in [-0.4, -0.2) is 24.6 Å². The number of carbonyl (C=O) groups excluding carboxylic acids is 2. The van der Waals surface area contributed by atoms with Crippen LogP contribution in [0.4, 0.5) is 5.69 Å². The smallest absolute Gasteiger partial charge is 0.339 e. The minimum atomic E-state index is -0.710. The van der Waals surface area contributed by atoms with E-state index in [4.69, 9.17) is 21.1 Å². The van der Waals surface area contributed by atoms with Crippen molar-refractivity contribution in [1.29, 1.82) is 0 Å². The molecule has 1 atom stereocenters. The van der Waals surface area contributed by atoms with E-state index < -0.39 is 12.1 Å². The fourth-order valence-electron chi connectivity index (χ4n) is 2.47. The monoisotopic (exact) mass is 375 g/mol. The molecule has 0 aliphatic carbocycles. The van der Waals surface area contributed by atoms with Crippen LogP contribution in [0.5, 0.6) is 5.75 Å². The number of rotatable bonds is 6. The van der Waals surface area contributed by atoms with Gasteiger partial charge in [0.05, 0.1) is 17.2 Å².